The number of hydrogen-bond acceptors (Lipinski definition) is 6. The number of fused-ring (bicyclic) bond motifs is 3. The van der Waals surface area contributed by atoms with E-state index in [4.69, 9.17) is 10.5 Å². The molecule has 0 spiro atoms. The van der Waals surface area contributed by atoms with Crippen molar-refractivity contribution in [1.29, 1.82) is 0 Å². The van der Waals surface area contributed by atoms with Crippen molar-refractivity contribution in [2.75, 3.05) is 14.1 Å². The highest BCUT2D eigenvalue weighted by Crippen LogP contribution is 2.47. The molecule has 2 aliphatic rings. The first-order valence-electron chi connectivity index (χ1n) is 9.90. The summed E-state index contributed by atoms with van der Waals surface area (Å²) in [5.41, 5.74) is 6.69. The summed E-state index contributed by atoms with van der Waals surface area (Å²) < 4.78 is 6.40. The number of thiophene rings is 1. The highest BCUT2D eigenvalue weighted by molar-refractivity contribution is 7.19. The molecule has 2 aliphatic carbocycles. The minimum Gasteiger partial charge on any atom is -0.474 e. The summed E-state index contributed by atoms with van der Waals surface area (Å²) in [6.45, 7) is 0. The number of carbonyl (C=O) groups is 1. The number of hydrogen-bond donors (Lipinski definition) is 1. The monoisotopic (exact) mass is 388 g/mol. The van der Waals surface area contributed by atoms with Gasteiger partial charge in [0.05, 0.1) is 5.39 Å². The van der Waals surface area contributed by atoms with Crippen molar-refractivity contribution in [1.82, 2.24) is 14.9 Å². The lowest BCUT2D eigenvalue weighted by Crippen LogP contribution is -2.35. The van der Waals surface area contributed by atoms with E-state index in [1.54, 1.807) is 17.7 Å². The van der Waals surface area contributed by atoms with Crippen molar-refractivity contribution >= 4 is 27.5 Å². The molecule has 1 atom stereocenters. The Bertz CT molecular complexity index is 827. The molecule has 1 amide bonds. The first kappa shape index (κ1) is 18.6. The van der Waals surface area contributed by atoms with Gasteiger partial charge in [0.1, 0.15) is 17.3 Å². The fourth-order valence-corrected chi connectivity index (χ4v) is 5.80. The first-order chi connectivity index (χ1) is 13.0. The third kappa shape index (κ3) is 3.80. The van der Waals surface area contributed by atoms with E-state index in [1.165, 1.54) is 10.4 Å². The van der Waals surface area contributed by atoms with E-state index in [-0.39, 0.29) is 12.0 Å². The van der Waals surface area contributed by atoms with Gasteiger partial charge in [-0.3, -0.25) is 4.79 Å². The predicted octanol–water partition coefficient (Wildman–Crippen LogP) is 3.24. The van der Waals surface area contributed by atoms with Crippen molar-refractivity contribution in [2.24, 2.45) is 5.73 Å². The number of aryl methyl sites for hydroxylation is 1. The van der Waals surface area contributed by atoms with E-state index in [0.29, 0.717) is 18.4 Å². The van der Waals surface area contributed by atoms with Gasteiger partial charge >= 0.3 is 0 Å². The molecular formula is C20H28N4O2S. The third-order valence-electron chi connectivity index (χ3n) is 6.09. The largest absolute Gasteiger partial charge is 0.474 e. The van der Waals surface area contributed by atoms with Gasteiger partial charge in [-0.1, -0.05) is 0 Å². The number of rotatable bonds is 6. The fourth-order valence-electron chi connectivity index (χ4n) is 4.57. The van der Waals surface area contributed by atoms with E-state index >= 15 is 0 Å². The molecule has 4 rings (SSSR count). The molecule has 146 valence electrons. The van der Waals surface area contributed by atoms with Crippen LogP contribution in [0.1, 0.15) is 61.3 Å². The first-order valence-corrected chi connectivity index (χ1v) is 10.7. The van der Waals surface area contributed by atoms with Crippen LogP contribution in [0, 0.1) is 0 Å². The average molecular weight is 389 g/mol. The number of aromatic nitrogens is 2. The van der Waals surface area contributed by atoms with E-state index in [0.717, 1.165) is 61.0 Å². The second-order valence-corrected chi connectivity index (χ2v) is 9.13. The van der Waals surface area contributed by atoms with Gasteiger partial charge in [0, 0.05) is 17.3 Å². The van der Waals surface area contributed by atoms with Crippen molar-refractivity contribution in [2.45, 2.75) is 69.4 Å². The molecule has 1 saturated carbocycles. The highest BCUT2D eigenvalue weighted by Gasteiger charge is 2.31. The van der Waals surface area contributed by atoms with Gasteiger partial charge < -0.3 is 15.4 Å². The van der Waals surface area contributed by atoms with Crippen LogP contribution in [0.15, 0.2) is 6.33 Å². The van der Waals surface area contributed by atoms with Gasteiger partial charge in [-0.05, 0) is 70.5 Å². The van der Waals surface area contributed by atoms with Crippen LogP contribution in [0.2, 0.25) is 0 Å². The highest BCUT2D eigenvalue weighted by atomic mass is 32.1. The molecular weight excluding hydrogens is 360 g/mol. The molecule has 1 fully saturated rings. The maximum absolute atomic E-state index is 11.2. The van der Waals surface area contributed by atoms with Crippen molar-refractivity contribution < 1.29 is 9.53 Å². The lowest BCUT2D eigenvalue weighted by atomic mass is 9.92. The molecule has 6 nitrogen and oxygen atoms in total. The van der Waals surface area contributed by atoms with E-state index in [2.05, 4.69) is 29.0 Å². The SMILES string of the molecule is CN(C)[C@H]1CC[C@H](Oc2ncnc3sc4c(c23)[C@@H](CCC(N)=O)CC4)CC1. The number of amides is 1. The normalized spacial score (nSPS) is 25.1. The van der Waals surface area contributed by atoms with Gasteiger partial charge in [0.2, 0.25) is 11.8 Å². The van der Waals surface area contributed by atoms with Crippen molar-refractivity contribution in [3.05, 3.63) is 16.8 Å². The summed E-state index contributed by atoms with van der Waals surface area (Å²) in [5.74, 6) is 0.865. The summed E-state index contributed by atoms with van der Waals surface area (Å²) >= 11 is 1.75. The number of ether oxygens (including phenoxy) is 1. The summed E-state index contributed by atoms with van der Waals surface area (Å²) in [4.78, 5) is 24.9. The quantitative estimate of drug-likeness (QED) is 0.821. The number of primary amides is 1. The Morgan fingerprint density at radius 2 is 2.04 bits per heavy atom. The smallest absolute Gasteiger partial charge is 0.225 e. The Balaban J connectivity index is 1.56. The van der Waals surface area contributed by atoms with E-state index in [9.17, 15) is 4.79 Å². The average Bonchev–Trinajstić information content (AvgIpc) is 3.20. The standard InChI is InChI=1S/C20H28N4O2S/c1-24(2)13-5-7-14(8-6-13)26-19-18-17-12(4-10-16(21)25)3-9-15(17)27-20(18)23-11-22-19/h11-14H,3-10H2,1-2H3,(H2,21,25)/t12-,13-,14-/m1/s1. The predicted molar refractivity (Wildman–Crippen MR) is 107 cm³/mol. The molecule has 0 unspecified atom stereocenters. The number of carbonyl (C=O) groups excluding carboxylic acids is 1. The summed E-state index contributed by atoms with van der Waals surface area (Å²) in [7, 11) is 4.31. The Hall–Kier alpha value is -1.73. The van der Waals surface area contributed by atoms with Crippen LogP contribution in [-0.2, 0) is 11.2 Å². The molecule has 27 heavy (non-hydrogen) atoms. The Labute approximate surface area is 164 Å². The van der Waals surface area contributed by atoms with Gasteiger partial charge in [-0.25, -0.2) is 9.97 Å². The minimum absolute atomic E-state index is 0.223. The fraction of sp³-hybridized carbons (Fsp3) is 0.650. The van der Waals surface area contributed by atoms with Crippen LogP contribution in [0.25, 0.3) is 10.2 Å². The third-order valence-corrected chi connectivity index (χ3v) is 7.26. The molecule has 0 aromatic carbocycles. The Morgan fingerprint density at radius 3 is 2.74 bits per heavy atom. The van der Waals surface area contributed by atoms with Crippen molar-refractivity contribution in [3.63, 3.8) is 0 Å². The second-order valence-electron chi connectivity index (χ2n) is 8.05. The van der Waals surface area contributed by atoms with Gasteiger partial charge in [0.15, 0.2) is 0 Å². The summed E-state index contributed by atoms with van der Waals surface area (Å²) in [6, 6.07) is 0.652. The lowest BCUT2D eigenvalue weighted by molar-refractivity contribution is -0.118. The molecule has 0 aliphatic heterocycles. The van der Waals surface area contributed by atoms with Crippen LogP contribution in [0.5, 0.6) is 5.88 Å². The van der Waals surface area contributed by atoms with Gasteiger partial charge in [0.25, 0.3) is 0 Å². The van der Waals surface area contributed by atoms with Crippen LogP contribution in [0.3, 0.4) is 0 Å². The molecule has 2 aromatic heterocycles. The number of nitrogens with two attached hydrogens (primary N) is 1. The van der Waals surface area contributed by atoms with Crippen LogP contribution in [0.4, 0.5) is 0 Å². The molecule has 2 heterocycles. The number of nitrogens with zero attached hydrogens (tertiary/aromatic N) is 3. The zero-order chi connectivity index (χ0) is 19.0. The maximum Gasteiger partial charge on any atom is 0.225 e. The van der Waals surface area contributed by atoms with Gasteiger partial charge in [-0.2, -0.15) is 0 Å². The van der Waals surface area contributed by atoms with E-state index < -0.39 is 0 Å². The Kier molecular flexibility index (Phi) is 5.32. The molecule has 0 saturated heterocycles. The van der Waals surface area contributed by atoms with E-state index in [1.807, 2.05) is 0 Å². The zero-order valence-electron chi connectivity index (χ0n) is 16.1. The molecule has 0 radical (unpaired) electrons. The van der Waals surface area contributed by atoms with Crippen LogP contribution < -0.4 is 10.5 Å². The topological polar surface area (TPSA) is 81.3 Å². The van der Waals surface area contributed by atoms with Crippen molar-refractivity contribution in [3.8, 4) is 5.88 Å². The molecule has 0 bridgehead atoms. The lowest BCUT2D eigenvalue weighted by Gasteiger charge is -2.32. The summed E-state index contributed by atoms with van der Waals surface area (Å²) in [5, 5.41) is 1.08. The Morgan fingerprint density at radius 1 is 1.26 bits per heavy atom. The van der Waals surface area contributed by atoms with Crippen LogP contribution in [-0.4, -0.2) is 47.0 Å². The summed E-state index contributed by atoms with van der Waals surface area (Å²) in [6.07, 6.45) is 9.64. The zero-order valence-corrected chi connectivity index (χ0v) is 16.9. The van der Waals surface area contributed by atoms with Crippen LogP contribution >= 0.6 is 11.3 Å². The minimum atomic E-state index is -0.228. The van der Waals surface area contributed by atoms with Gasteiger partial charge in [-0.15, -0.1) is 11.3 Å². The second kappa shape index (κ2) is 7.72. The maximum atomic E-state index is 11.2. The molecule has 2 N–H and O–H groups in total. The molecule has 2 aromatic rings. The molecule has 7 heteroatoms.